The van der Waals surface area contributed by atoms with Gasteiger partial charge in [0.15, 0.2) is 0 Å². The smallest absolute Gasteiger partial charge is 0.0520 e. The SMILES string of the molecule is CC1(N)C=CC=NC(C(C)(C)C)=C1. The van der Waals surface area contributed by atoms with E-state index >= 15 is 0 Å². The first-order chi connectivity index (χ1) is 5.81. The molecule has 1 aliphatic heterocycles. The maximum absolute atomic E-state index is 6.02. The Morgan fingerprint density at radius 1 is 1.38 bits per heavy atom. The fourth-order valence-corrected chi connectivity index (χ4v) is 1.16. The molecule has 2 nitrogen and oxygen atoms in total. The Morgan fingerprint density at radius 2 is 2.00 bits per heavy atom. The Bertz CT molecular complexity index is 275. The van der Waals surface area contributed by atoms with Crippen LogP contribution in [0, 0.1) is 5.41 Å². The highest BCUT2D eigenvalue weighted by atomic mass is 14.8. The lowest BCUT2D eigenvalue weighted by Gasteiger charge is -2.22. The minimum atomic E-state index is -0.376. The van der Waals surface area contributed by atoms with Crippen LogP contribution in [0.25, 0.3) is 0 Å². The van der Waals surface area contributed by atoms with Gasteiger partial charge in [0.1, 0.15) is 0 Å². The van der Waals surface area contributed by atoms with Gasteiger partial charge in [-0.3, -0.25) is 4.99 Å². The van der Waals surface area contributed by atoms with Gasteiger partial charge in [-0.05, 0) is 19.1 Å². The molecule has 0 aromatic heterocycles. The summed E-state index contributed by atoms with van der Waals surface area (Å²) < 4.78 is 0. The van der Waals surface area contributed by atoms with E-state index in [1.807, 2.05) is 25.2 Å². The van der Waals surface area contributed by atoms with Crippen LogP contribution in [-0.2, 0) is 0 Å². The highest BCUT2D eigenvalue weighted by Gasteiger charge is 2.21. The highest BCUT2D eigenvalue weighted by molar-refractivity contribution is 5.73. The molecule has 0 amide bonds. The van der Waals surface area contributed by atoms with Gasteiger partial charge in [0, 0.05) is 17.3 Å². The van der Waals surface area contributed by atoms with E-state index in [4.69, 9.17) is 5.73 Å². The molecule has 0 saturated carbocycles. The van der Waals surface area contributed by atoms with Crippen molar-refractivity contribution < 1.29 is 0 Å². The fourth-order valence-electron chi connectivity index (χ4n) is 1.16. The number of nitrogens with two attached hydrogens (primary N) is 1. The normalized spacial score (nSPS) is 28.5. The summed E-state index contributed by atoms with van der Waals surface area (Å²) in [7, 11) is 0. The molecule has 0 bridgehead atoms. The van der Waals surface area contributed by atoms with Crippen molar-refractivity contribution in [2.75, 3.05) is 0 Å². The van der Waals surface area contributed by atoms with Crippen molar-refractivity contribution in [1.29, 1.82) is 0 Å². The molecular weight excluding hydrogens is 160 g/mol. The number of allylic oxidation sites excluding steroid dienone is 2. The molecule has 1 heterocycles. The lowest BCUT2D eigenvalue weighted by molar-refractivity contribution is 0.491. The van der Waals surface area contributed by atoms with Crippen LogP contribution in [0.1, 0.15) is 27.7 Å². The molecule has 0 radical (unpaired) electrons. The molecule has 72 valence electrons. The predicted octanol–water partition coefficient (Wildman–Crippen LogP) is 2.27. The van der Waals surface area contributed by atoms with Crippen LogP contribution >= 0.6 is 0 Å². The van der Waals surface area contributed by atoms with Crippen molar-refractivity contribution in [2.45, 2.75) is 33.2 Å². The number of aliphatic imine (C=N–C) groups is 1. The summed E-state index contributed by atoms with van der Waals surface area (Å²) >= 11 is 0. The van der Waals surface area contributed by atoms with Gasteiger partial charge < -0.3 is 5.73 Å². The molecule has 1 atom stereocenters. The van der Waals surface area contributed by atoms with Gasteiger partial charge in [0.25, 0.3) is 0 Å². The van der Waals surface area contributed by atoms with Gasteiger partial charge in [-0.1, -0.05) is 26.8 Å². The lowest BCUT2D eigenvalue weighted by Crippen LogP contribution is -2.31. The molecule has 0 fully saturated rings. The molecule has 2 N–H and O–H groups in total. The second-order valence-corrected chi connectivity index (χ2v) is 4.78. The third-order valence-corrected chi connectivity index (χ3v) is 1.97. The van der Waals surface area contributed by atoms with Gasteiger partial charge >= 0.3 is 0 Å². The summed E-state index contributed by atoms with van der Waals surface area (Å²) in [6.07, 6.45) is 7.67. The molecule has 0 saturated heterocycles. The van der Waals surface area contributed by atoms with Crippen LogP contribution in [0.5, 0.6) is 0 Å². The number of hydrogen-bond acceptors (Lipinski definition) is 2. The van der Waals surface area contributed by atoms with Crippen molar-refractivity contribution in [3.05, 3.63) is 23.9 Å². The average molecular weight is 178 g/mol. The second-order valence-electron chi connectivity index (χ2n) is 4.78. The van der Waals surface area contributed by atoms with E-state index in [2.05, 4.69) is 25.8 Å². The largest absolute Gasteiger partial charge is 0.319 e. The van der Waals surface area contributed by atoms with Crippen LogP contribution in [0.4, 0.5) is 0 Å². The molecule has 13 heavy (non-hydrogen) atoms. The van der Waals surface area contributed by atoms with Crippen molar-refractivity contribution in [3.63, 3.8) is 0 Å². The van der Waals surface area contributed by atoms with Crippen molar-refractivity contribution in [1.82, 2.24) is 0 Å². The summed E-state index contributed by atoms with van der Waals surface area (Å²) in [5.74, 6) is 0. The number of hydrogen-bond donors (Lipinski definition) is 1. The van der Waals surface area contributed by atoms with Crippen molar-refractivity contribution in [2.24, 2.45) is 16.1 Å². The zero-order valence-corrected chi connectivity index (χ0v) is 8.83. The van der Waals surface area contributed by atoms with E-state index in [0.717, 1.165) is 5.70 Å². The average Bonchev–Trinajstić information content (AvgIpc) is 2.08. The minimum Gasteiger partial charge on any atom is -0.319 e. The molecule has 0 spiro atoms. The molecule has 0 aromatic rings. The first kappa shape index (κ1) is 10.2. The molecule has 0 aliphatic carbocycles. The van der Waals surface area contributed by atoms with Crippen molar-refractivity contribution in [3.8, 4) is 0 Å². The Labute approximate surface area is 80.2 Å². The van der Waals surface area contributed by atoms with Crippen LogP contribution in [0.3, 0.4) is 0 Å². The molecule has 1 aliphatic rings. The fraction of sp³-hybridized carbons (Fsp3) is 0.545. The summed E-state index contributed by atoms with van der Waals surface area (Å²) in [6, 6.07) is 0. The molecule has 1 rings (SSSR count). The Hall–Kier alpha value is -0.890. The van der Waals surface area contributed by atoms with Gasteiger partial charge in [0.05, 0.1) is 5.54 Å². The van der Waals surface area contributed by atoms with Crippen LogP contribution in [-0.4, -0.2) is 11.8 Å². The highest BCUT2D eigenvalue weighted by Crippen LogP contribution is 2.28. The van der Waals surface area contributed by atoms with Crippen LogP contribution < -0.4 is 5.73 Å². The Morgan fingerprint density at radius 3 is 2.54 bits per heavy atom. The summed E-state index contributed by atoms with van der Waals surface area (Å²) in [5.41, 5.74) is 6.75. The monoisotopic (exact) mass is 178 g/mol. The summed E-state index contributed by atoms with van der Waals surface area (Å²) in [4.78, 5) is 4.36. The number of nitrogens with zero attached hydrogens (tertiary/aromatic N) is 1. The standard InChI is InChI=1S/C11H18N2/c1-10(2,3)9-8-11(4,12)6-5-7-13-9/h5-8H,12H2,1-4H3. The molecule has 1 unspecified atom stereocenters. The predicted molar refractivity (Wildman–Crippen MR) is 57.8 cm³/mol. The van der Waals surface area contributed by atoms with E-state index in [-0.39, 0.29) is 11.0 Å². The van der Waals surface area contributed by atoms with Gasteiger partial charge in [0.2, 0.25) is 0 Å². The van der Waals surface area contributed by atoms with Crippen LogP contribution in [0.2, 0.25) is 0 Å². The quantitative estimate of drug-likeness (QED) is 0.607. The summed E-state index contributed by atoms with van der Waals surface area (Å²) in [6.45, 7) is 8.39. The Kier molecular flexibility index (Phi) is 2.44. The maximum atomic E-state index is 6.02. The summed E-state index contributed by atoms with van der Waals surface area (Å²) in [5, 5.41) is 0. The minimum absolute atomic E-state index is 0.0587. The maximum Gasteiger partial charge on any atom is 0.0520 e. The molecule has 2 heteroatoms. The molecular formula is C11H18N2. The van der Waals surface area contributed by atoms with E-state index in [0.29, 0.717) is 0 Å². The zero-order valence-electron chi connectivity index (χ0n) is 8.83. The van der Waals surface area contributed by atoms with E-state index < -0.39 is 0 Å². The zero-order chi connectivity index (χ0) is 10.1. The van der Waals surface area contributed by atoms with E-state index in [1.165, 1.54) is 0 Å². The van der Waals surface area contributed by atoms with E-state index in [1.54, 1.807) is 6.21 Å². The third kappa shape index (κ3) is 2.81. The Balaban J connectivity index is 3.06. The van der Waals surface area contributed by atoms with Crippen LogP contribution in [0.15, 0.2) is 28.9 Å². The van der Waals surface area contributed by atoms with Gasteiger partial charge in [-0.2, -0.15) is 0 Å². The molecule has 0 aromatic carbocycles. The third-order valence-electron chi connectivity index (χ3n) is 1.97. The number of rotatable bonds is 0. The lowest BCUT2D eigenvalue weighted by atomic mass is 9.88. The van der Waals surface area contributed by atoms with Gasteiger partial charge in [-0.25, -0.2) is 0 Å². The first-order valence-corrected chi connectivity index (χ1v) is 4.55. The topological polar surface area (TPSA) is 38.4 Å². The van der Waals surface area contributed by atoms with E-state index in [9.17, 15) is 0 Å². The van der Waals surface area contributed by atoms with Crippen molar-refractivity contribution >= 4 is 6.21 Å². The second kappa shape index (κ2) is 3.11. The first-order valence-electron chi connectivity index (χ1n) is 4.55. The van der Waals surface area contributed by atoms with Gasteiger partial charge in [-0.15, -0.1) is 0 Å².